The van der Waals surface area contributed by atoms with Crippen LogP contribution >= 0.6 is 0 Å². The van der Waals surface area contributed by atoms with Crippen LogP contribution < -0.4 is 11.1 Å². The topological polar surface area (TPSA) is 106 Å². The zero-order valence-corrected chi connectivity index (χ0v) is 10.7. The molecule has 2 aromatic rings. The van der Waals surface area contributed by atoms with Gasteiger partial charge in [0, 0.05) is 19.4 Å². The van der Waals surface area contributed by atoms with E-state index in [1.165, 1.54) is 12.3 Å². The van der Waals surface area contributed by atoms with Crippen molar-refractivity contribution in [2.75, 3.05) is 11.1 Å². The number of nitrogen functional groups attached to an aromatic ring is 1. The van der Waals surface area contributed by atoms with Crippen molar-refractivity contribution in [2.24, 2.45) is 7.05 Å². The lowest BCUT2D eigenvalue weighted by molar-refractivity contribution is 0.0698. The van der Waals surface area contributed by atoms with E-state index in [-0.39, 0.29) is 11.3 Å². The number of carboxylic acid groups (broad SMARTS) is 1. The number of rotatable bonds is 4. The number of hydrogen-bond acceptors (Lipinski definition) is 5. The third kappa shape index (κ3) is 2.49. The maximum atomic E-state index is 11.0. The standard InChI is InChI=1S/C12H15N5O2/c1-3-8-9(6-17(2)16-8)15-11-10(13)7(12(18)19)4-5-14-11/h4-6H,3,13H2,1-2H3,(H,14,15)(H,18,19). The Morgan fingerprint density at radius 1 is 1.58 bits per heavy atom. The number of carboxylic acids is 1. The molecule has 0 radical (unpaired) electrons. The number of aromatic carboxylic acids is 1. The van der Waals surface area contributed by atoms with Gasteiger partial charge in [0.25, 0.3) is 0 Å². The number of pyridine rings is 1. The Balaban J connectivity index is 2.38. The summed E-state index contributed by atoms with van der Waals surface area (Å²) in [5, 5.41) is 16.3. The number of carbonyl (C=O) groups is 1. The number of nitrogens with zero attached hydrogens (tertiary/aromatic N) is 3. The molecule has 0 aliphatic rings. The fraction of sp³-hybridized carbons (Fsp3) is 0.250. The molecule has 2 aromatic heterocycles. The lowest BCUT2D eigenvalue weighted by Gasteiger charge is -2.09. The Labute approximate surface area is 110 Å². The first-order valence-electron chi connectivity index (χ1n) is 5.80. The van der Waals surface area contributed by atoms with Gasteiger partial charge in [-0.2, -0.15) is 5.10 Å². The van der Waals surface area contributed by atoms with Crippen molar-refractivity contribution in [1.29, 1.82) is 0 Å². The molecule has 0 spiro atoms. The van der Waals surface area contributed by atoms with Crippen molar-refractivity contribution in [3.63, 3.8) is 0 Å². The van der Waals surface area contributed by atoms with E-state index in [0.29, 0.717) is 5.82 Å². The van der Waals surface area contributed by atoms with E-state index >= 15 is 0 Å². The van der Waals surface area contributed by atoms with Gasteiger partial charge in [-0.05, 0) is 12.5 Å². The molecule has 0 atom stereocenters. The molecule has 100 valence electrons. The quantitative estimate of drug-likeness (QED) is 0.768. The highest BCUT2D eigenvalue weighted by Crippen LogP contribution is 2.25. The summed E-state index contributed by atoms with van der Waals surface area (Å²) < 4.78 is 1.68. The highest BCUT2D eigenvalue weighted by molar-refractivity contribution is 5.96. The van der Waals surface area contributed by atoms with Gasteiger partial charge in [-0.3, -0.25) is 4.68 Å². The monoisotopic (exact) mass is 261 g/mol. The molecule has 0 aromatic carbocycles. The Bertz CT molecular complexity index is 621. The average Bonchev–Trinajstić information content (AvgIpc) is 2.71. The summed E-state index contributed by atoms with van der Waals surface area (Å²) in [7, 11) is 1.81. The SMILES string of the molecule is CCc1nn(C)cc1Nc1nccc(C(=O)O)c1N. The third-order valence-corrected chi connectivity index (χ3v) is 2.71. The Morgan fingerprint density at radius 2 is 2.32 bits per heavy atom. The number of aromatic nitrogens is 3. The second kappa shape index (κ2) is 4.97. The second-order valence-corrected chi connectivity index (χ2v) is 4.07. The van der Waals surface area contributed by atoms with Gasteiger partial charge in [0.15, 0.2) is 5.82 Å². The highest BCUT2D eigenvalue weighted by Gasteiger charge is 2.14. The fourth-order valence-corrected chi connectivity index (χ4v) is 1.79. The first-order valence-corrected chi connectivity index (χ1v) is 5.80. The minimum absolute atomic E-state index is 0.0273. The molecule has 0 bridgehead atoms. The zero-order chi connectivity index (χ0) is 14.0. The Morgan fingerprint density at radius 3 is 2.95 bits per heavy atom. The summed E-state index contributed by atoms with van der Waals surface area (Å²) in [5.41, 5.74) is 7.57. The van der Waals surface area contributed by atoms with Crippen LogP contribution in [0.15, 0.2) is 18.5 Å². The summed E-state index contributed by atoms with van der Waals surface area (Å²) in [6.07, 6.45) is 3.96. The van der Waals surface area contributed by atoms with Gasteiger partial charge in [-0.15, -0.1) is 0 Å². The number of hydrogen-bond donors (Lipinski definition) is 3. The van der Waals surface area contributed by atoms with Crippen LogP contribution in [0.3, 0.4) is 0 Å². The van der Waals surface area contributed by atoms with E-state index < -0.39 is 5.97 Å². The molecule has 4 N–H and O–H groups in total. The van der Waals surface area contributed by atoms with E-state index in [4.69, 9.17) is 10.8 Å². The molecule has 0 saturated heterocycles. The highest BCUT2D eigenvalue weighted by atomic mass is 16.4. The van der Waals surface area contributed by atoms with Crippen LogP contribution in [-0.2, 0) is 13.5 Å². The molecule has 7 nitrogen and oxygen atoms in total. The molecule has 0 saturated carbocycles. The molecular formula is C12H15N5O2. The van der Waals surface area contributed by atoms with Gasteiger partial charge >= 0.3 is 5.97 Å². The number of aryl methyl sites for hydroxylation is 2. The largest absolute Gasteiger partial charge is 0.478 e. The van der Waals surface area contributed by atoms with Crippen LogP contribution in [0.5, 0.6) is 0 Å². The van der Waals surface area contributed by atoms with Crippen LogP contribution in [0.4, 0.5) is 17.2 Å². The average molecular weight is 261 g/mol. The molecule has 0 fully saturated rings. The van der Waals surface area contributed by atoms with Gasteiger partial charge < -0.3 is 16.2 Å². The maximum Gasteiger partial charge on any atom is 0.337 e. The maximum absolute atomic E-state index is 11.0. The smallest absolute Gasteiger partial charge is 0.337 e. The van der Waals surface area contributed by atoms with E-state index in [0.717, 1.165) is 17.8 Å². The minimum Gasteiger partial charge on any atom is -0.478 e. The summed E-state index contributed by atoms with van der Waals surface area (Å²) in [6.45, 7) is 1.98. The molecule has 2 rings (SSSR count). The fourth-order valence-electron chi connectivity index (χ4n) is 1.79. The van der Waals surface area contributed by atoms with Crippen molar-refractivity contribution in [1.82, 2.24) is 14.8 Å². The van der Waals surface area contributed by atoms with Crippen LogP contribution in [0.25, 0.3) is 0 Å². The number of nitrogens with one attached hydrogen (secondary N) is 1. The second-order valence-electron chi connectivity index (χ2n) is 4.07. The van der Waals surface area contributed by atoms with Crippen molar-refractivity contribution in [3.05, 3.63) is 29.7 Å². The minimum atomic E-state index is -1.08. The molecule has 0 aliphatic heterocycles. The van der Waals surface area contributed by atoms with Gasteiger partial charge in [0.1, 0.15) is 0 Å². The van der Waals surface area contributed by atoms with Crippen molar-refractivity contribution >= 4 is 23.2 Å². The third-order valence-electron chi connectivity index (χ3n) is 2.71. The summed E-state index contributed by atoms with van der Waals surface area (Å²) in [5.74, 6) is -0.757. The predicted molar refractivity (Wildman–Crippen MR) is 71.5 cm³/mol. The van der Waals surface area contributed by atoms with E-state index in [1.807, 2.05) is 14.0 Å². The summed E-state index contributed by atoms with van der Waals surface area (Å²) in [6, 6.07) is 1.37. The van der Waals surface area contributed by atoms with Gasteiger partial charge in [0.2, 0.25) is 0 Å². The molecule has 0 amide bonds. The lowest BCUT2D eigenvalue weighted by atomic mass is 10.2. The molecule has 0 unspecified atom stereocenters. The van der Waals surface area contributed by atoms with Crippen LogP contribution in [0.2, 0.25) is 0 Å². The summed E-state index contributed by atoms with van der Waals surface area (Å²) >= 11 is 0. The number of nitrogens with two attached hydrogens (primary N) is 1. The van der Waals surface area contributed by atoms with Gasteiger partial charge in [0.05, 0.1) is 22.6 Å². The van der Waals surface area contributed by atoms with Crippen LogP contribution in [0.1, 0.15) is 23.0 Å². The van der Waals surface area contributed by atoms with Gasteiger partial charge in [-0.1, -0.05) is 6.92 Å². The normalized spacial score (nSPS) is 10.4. The zero-order valence-electron chi connectivity index (χ0n) is 10.7. The van der Waals surface area contributed by atoms with E-state index in [2.05, 4.69) is 15.4 Å². The number of anilines is 3. The molecule has 19 heavy (non-hydrogen) atoms. The Hall–Kier alpha value is -2.57. The van der Waals surface area contributed by atoms with Crippen molar-refractivity contribution in [2.45, 2.75) is 13.3 Å². The molecule has 7 heteroatoms. The van der Waals surface area contributed by atoms with E-state index in [1.54, 1.807) is 10.9 Å². The van der Waals surface area contributed by atoms with Gasteiger partial charge in [-0.25, -0.2) is 9.78 Å². The molecular weight excluding hydrogens is 246 g/mol. The first kappa shape index (κ1) is 12.9. The predicted octanol–water partition coefficient (Wildman–Crippen LogP) is 1.40. The van der Waals surface area contributed by atoms with Crippen LogP contribution in [-0.4, -0.2) is 25.8 Å². The van der Waals surface area contributed by atoms with Crippen molar-refractivity contribution < 1.29 is 9.90 Å². The van der Waals surface area contributed by atoms with Crippen LogP contribution in [0, 0.1) is 0 Å². The molecule has 0 aliphatic carbocycles. The molecule has 2 heterocycles. The Kier molecular flexibility index (Phi) is 3.37. The lowest BCUT2D eigenvalue weighted by Crippen LogP contribution is -2.07. The van der Waals surface area contributed by atoms with Crippen molar-refractivity contribution in [3.8, 4) is 0 Å². The van der Waals surface area contributed by atoms with E-state index in [9.17, 15) is 4.79 Å². The first-order chi connectivity index (χ1) is 9.02. The summed E-state index contributed by atoms with van der Waals surface area (Å²) in [4.78, 5) is 15.1.